The van der Waals surface area contributed by atoms with Crippen molar-refractivity contribution in [2.75, 3.05) is 11.5 Å². The zero-order chi connectivity index (χ0) is 11.4. The Morgan fingerprint density at radius 3 is 3.00 bits per heavy atom. The molecular weight excluding hydrogens is 218 g/mol. The van der Waals surface area contributed by atoms with E-state index in [0.717, 1.165) is 28.0 Å². The van der Waals surface area contributed by atoms with E-state index in [1.807, 2.05) is 30.3 Å². The van der Waals surface area contributed by atoms with Gasteiger partial charge in [0, 0.05) is 22.9 Å². The number of aliphatic hydroxyl groups is 1. The summed E-state index contributed by atoms with van der Waals surface area (Å²) in [5, 5.41) is 11.0. The lowest BCUT2D eigenvalue weighted by molar-refractivity contribution is 0.204. The van der Waals surface area contributed by atoms with Crippen molar-refractivity contribution in [2.45, 2.75) is 13.0 Å². The first-order chi connectivity index (χ1) is 7.81. The Bertz CT molecular complexity index is 472. The third-order valence-electron chi connectivity index (χ3n) is 2.48. The second-order valence-corrected chi connectivity index (χ2v) is 4.96. The van der Waals surface area contributed by atoms with Crippen LogP contribution in [0.5, 0.6) is 0 Å². The highest BCUT2D eigenvalue weighted by molar-refractivity contribution is 7.99. The Labute approximate surface area is 99.7 Å². The van der Waals surface area contributed by atoms with Crippen LogP contribution >= 0.6 is 11.8 Å². The van der Waals surface area contributed by atoms with Crippen LogP contribution in [-0.4, -0.2) is 21.6 Å². The summed E-state index contributed by atoms with van der Waals surface area (Å²) in [5.41, 5.74) is 1.88. The molecule has 2 nitrogen and oxygen atoms in total. The third kappa shape index (κ3) is 2.54. The van der Waals surface area contributed by atoms with E-state index in [2.05, 4.69) is 11.9 Å². The number of rotatable bonds is 4. The molecule has 1 unspecified atom stereocenters. The van der Waals surface area contributed by atoms with Crippen molar-refractivity contribution in [1.82, 2.24) is 4.98 Å². The topological polar surface area (TPSA) is 33.1 Å². The molecule has 0 saturated carbocycles. The first kappa shape index (κ1) is 11.4. The Morgan fingerprint density at radius 2 is 2.19 bits per heavy atom. The number of fused-ring (bicyclic) bond motifs is 1. The van der Waals surface area contributed by atoms with Crippen molar-refractivity contribution in [3.8, 4) is 0 Å². The van der Waals surface area contributed by atoms with E-state index in [0.29, 0.717) is 0 Å². The standard InChI is InChI=1S/C13H15NOS/c1-2-16-9-13(15)11-7-10-5-3-4-6-12(10)14-8-11/h3-8,13,15H,2,9H2,1H3. The van der Waals surface area contributed by atoms with Gasteiger partial charge in [0.1, 0.15) is 0 Å². The van der Waals surface area contributed by atoms with Gasteiger partial charge in [-0.05, 0) is 17.9 Å². The summed E-state index contributed by atoms with van der Waals surface area (Å²) in [5.74, 6) is 1.76. The second-order valence-electron chi connectivity index (χ2n) is 3.64. The number of aromatic nitrogens is 1. The molecule has 1 N–H and O–H groups in total. The monoisotopic (exact) mass is 233 g/mol. The van der Waals surface area contributed by atoms with Crippen molar-refractivity contribution >= 4 is 22.7 Å². The van der Waals surface area contributed by atoms with E-state index >= 15 is 0 Å². The fourth-order valence-corrected chi connectivity index (χ4v) is 2.25. The minimum absolute atomic E-state index is 0.415. The summed E-state index contributed by atoms with van der Waals surface area (Å²) in [6.07, 6.45) is 1.35. The lowest BCUT2D eigenvalue weighted by Gasteiger charge is -2.10. The highest BCUT2D eigenvalue weighted by atomic mass is 32.2. The molecule has 0 spiro atoms. The summed E-state index contributed by atoms with van der Waals surface area (Å²) < 4.78 is 0. The largest absolute Gasteiger partial charge is 0.387 e. The van der Waals surface area contributed by atoms with Crippen molar-refractivity contribution in [1.29, 1.82) is 0 Å². The molecule has 0 amide bonds. The molecule has 0 aliphatic carbocycles. The number of nitrogens with zero attached hydrogens (tertiary/aromatic N) is 1. The molecule has 1 aromatic carbocycles. The maximum absolute atomic E-state index is 9.95. The molecule has 0 bridgehead atoms. The number of benzene rings is 1. The van der Waals surface area contributed by atoms with Gasteiger partial charge in [-0.15, -0.1) is 0 Å². The van der Waals surface area contributed by atoms with Crippen molar-refractivity contribution in [3.05, 3.63) is 42.1 Å². The number of hydrogen-bond donors (Lipinski definition) is 1. The summed E-state index contributed by atoms with van der Waals surface area (Å²) in [4.78, 5) is 4.34. The molecule has 84 valence electrons. The Kier molecular flexibility index (Phi) is 3.80. The molecular formula is C13H15NOS. The molecule has 0 saturated heterocycles. The molecule has 0 fully saturated rings. The van der Waals surface area contributed by atoms with E-state index in [1.165, 1.54) is 0 Å². The normalized spacial score (nSPS) is 12.9. The maximum atomic E-state index is 9.95. The lowest BCUT2D eigenvalue weighted by Crippen LogP contribution is -2.01. The zero-order valence-electron chi connectivity index (χ0n) is 9.26. The molecule has 0 aliphatic heterocycles. The average molecular weight is 233 g/mol. The van der Waals surface area contributed by atoms with Gasteiger partial charge >= 0.3 is 0 Å². The number of pyridine rings is 1. The van der Waals surface area contributed by atoms with Gasteiger partial charge in [0.15, 0.2) is 0 Å². The van der Waals surface area contributed by atoms with E-state index in [1.54, 1.807) is 18.0 Å². The highest BCUT2D eigenvalue weighted by Gasteiger charge is 2.08. The fourth-order valence-electron chi connectivity index (χ4n) is 1.60. The smallest absolute Gasteiger partial charge is 0.0895 e. The molecule has 16 heavy (non-hydrogen) atoms. The van der Waals surface area contributed by atoms with Crippen molar-refractivity contribution in [3.63, 3.8) is 0 Å². The second kappa shape index (κ2) is 5.32. The van der Waals surface area contributed by atoms with Crippen LogP contribution in [0.25, 0.3) is 10.9 Å². The van der Waals surface area contributed by atoms with Crippen LogP contribution in [0.3, 0.4) is 0 Å². The Morgan fingerprint density at radius 1 is 1.38 bits per heavy atom. The average Bonchev–Trinajstić information content (AvgIpc) is 2.35. The van der Waals surface area contributed by atoms with Crippen LogP contribution in [0.15, 0.2) is 36.5 Å². The third-order valence-corrected chi connectivity index (χ3v) is 3.44. The molecule has 0 aliphatic rings. The van der Waals surface area contributed by atoms with E-state index < -0.39 is 6.10 Å². The Hall–Kier alpha value is -1.06. The van der Waals surface area contributed by atoms with Crippen LogP contribution in [0, 0.1) is 0 Å². The zero-order valence-corrected chi connectivity index (χ0v) is 10.1. The minimum atomic E-state index is -0.415. The van der Waals surface area contributed by atoms with Gasteiger partial charge < -0.3 is 5.11 Å². The van der Waals surface area contributed by atoms with Crippen molar-refractivity contribution in [2.24, 2.45) is 0 Å². The number of hydrogen-bond acceptors (Lipinski definition) is 3. The van der Waals surface area contributed by atoms with Gasteiger partial charge in [-0.3, -0.25) is 4.98 Å². The molecule has 2 rings (SSSR count). The van der Waals surface area contributed by atoms with Gasteiger partial charge in [-0.25, -0.2) is 0 Å². The Balaban J connectivity index is 2.25. The van der Waals surface area contributed by atoms with Crippen molar-refractivity contribution < 1.29 is 5.11 Å². The van der Waals surface area contributed by atoms with Gasteiger partial charge in [-0.2, -0.15) is 11.8 Å². The quantitative estimate of drug-likeness (QED) is 0.881. The fraction of sp³-hybridized carbons (Fsp3) is 0.308. The number of para-hydroxylation sites is 1. The molecule has 1 aromatic heterocycles. The summed E-state index contributed by atoms with van der Waals surface area (Å²) >= 11 is 1.74. The minimum Gasteiger partial charge on any atom is -0.387 e. The number of aliphatic hydroxyl groups excluding tert-OH is 1. The van der Waals surface area contributed by atoms with Crippen LogP contribution < -0.4 is 0 Å². The predicted molar refractivity (Wildman–Crippen MR) is 69.7 cm³/mol. The summed E-state index contributed by atoms with van der Waals surface area (Å²) in [7, 11) is 0. The van der Waals surface area contributed by atoms with Crippen LogP contribution in [0.1, 0.15) is 18.6 Å². The van der Waals surface area contributed by atoms with Gasteiger partial charge in [0.25, 0.3) is 0 Å². The van der Waals surface area contributed by atoms with E-state index in [9.17, 15) is 5.11 Å². The van der Waals surface area contributed by atoms with Gasteiger partial charge in [0.05, 0.1) is 11.6 Å². The van der Waals surface area contributed by atoms with Crippen LogP contribution in [-0.2, 0) is 0 Å². The lowest BCUT2D eigenvalue weighted by atomic mass is 10.1. The van der Waals surface area contributed by atoms with E-state index in [-0.39, 0.29) is 0 Å². The summed E-state index contributed by atoms with van der Waals surface area (Å²) in [6, 6.07) is 9.97. The van der Waals surface area contributed by atoms with Crippen LogP contribution in [0.2, 0.25) is 0 Å². The predicted octanol–water partition coefficient (Wildman–Crippen LogP) is 3.02. The van der Waals surface area contributed by atoms with Gasteiger partial charge in [-0.1, -0.05) is 25.1 Å². The van der Waals surface area contributed by atoms with Gasteiger partial charge in [0.2, 0.25) is 0 Å². The first-order valence-corrected chi connectivity index (χ1v) is 6.57. The number of thioether (sulfide) groups is 1. The summed E-state index contributed by atoms with van der Waals surface area (Å²) in [6.45, 7) is 2.09. The first-order valence-electron chi connectivity index (χ1n) is 5.41. The molecule has 1 atom stereocenters. The van der Waals surface area contributed by atoms with Crippen LogP contribution in [0.4, 0.5) is 0 Å². The van der Waals surface area contributed by atoms with E-state index in [4.69, 9.17) is 0 Å². The highest BCUT2D eigenvalue weighted by Crippen LogP contribution is 2.21. The molecule has 0 radical (unpaired) electrons. The maximum Gasteiger partial charge on any atom is 0.0895 e. The SMILES string of the molecule is CCSCC(O)c1cnc2ccccc2c1. The molecule has 2 aromatic rings. The molecule has 1 heterocycles. The molecule has 3 heteroatoms.